The Morgan fingerprint density at radius 3 is 2.82 bits per heavy atom. The van der Waals surface area contributed by atoms with Gasteiger partial charge in [0.2, 0.25) is 5.29 Å². The Kier molecular flexibility index (Phi) is 6.71. The van der Waals surface area contributed by atoms with Crippen LogP contribution >= 0.6 is 23.2 Å². The van der Waals surface area contributed by atoms with Gasteiger partial charge in [-0.05, 0) is 42.1 Å². The average molecular weight is 340 g/mol. The molecule has 5 heteroatoms. The summed E-state index contributed by atoms with van der Waals surface area (Å²) in [5, 5.41) is 0.593. The maximum absolute atomic E-state index is 6.01. The van der Waals surface area contributed by atoms with Gasteiger partial charge in [-0.3, -0.25) is 0 Å². The maximum atomic E-state index is 6.01. The van der Waals surface area contributed by atoms with Crippen LogP contribution in [0.5, 0.6) is 0 Å². The molecule has 1 aliphatic rings. The summed E-state index contributed by atoms with van der Waals surface area (Å²) in [5.41, 5.74) is 2.02. The molecule has 0 saturated heterocycles. The number of allylic oxidation sites excluding steroid dienone is 1. The van der Waals surface area contributed by atoms with Gasteiger partial charge in [0.15, 0.2) is 0 Å². The number of rotatable bonds is 7. The smallest absolute Gasteiger partial charge is 0.224 e. The lowest BCUT2D eigenvalue weighted by Gasteiger charge is -2.18. The van der Waals surface area contributed by atoms with Gasteiger partial charge in [0, 0.05) is 19.2 Å². The molecular formula is C17H23Cl2N3. The van der Waals surface area contributed by atoms with Crippen molar-refractivity contribution in [3.63, 3.8) is 0 Å². The third-order valence-electron chi connectivity index (χ3n) is 4.01. The van der Waals surface area contributed by atoms with Crippen LogP contribution in [-0.2, 0) is 6.54 Å². The van der Waals surface area contributed by atoms with E-state index in [1.165, 1.54) is 25.7 Å². The number of nitrogens with zero attached hydrogens (tertiary/aromatic N) is 3. The molecule has 0 spiro atoms. The third kappa shape index (κ3) is 4.72. The van der Waals surface area contributed by atoms with Gasteiger partial charge in [0.25, 0.3) is 0 Å². The molecule has 0 aliphatic carbocycles. The van der Waals surface area contributed by atoms with Crippen molar-refractivity contribution >= 4 is 34.2 Å². The lowest BCUT2D eigenvalue weighted by Crippen LogP contribution is -2.15. The van der Waals surface area contributed by atoms with E-state index in [9.17, 15) is 0 Å². The fourth-order valence-corrected chi connectivity index (χ4v) is 3.08. The van der Waals surface area contributed by atoms with E-state index in [1.54, 1.807) is 0 Å². The number of amidine groups is 1. The minimum Gasteiger partial charge on any atom is -0.346 e. The van der Waals surface area contributed by atoms with E-state index in [0.29, 0.717) is 17.5 Å². The van der Waals surface area contributed by atoms with Crippen molar-refractivity contribution in [2.24, 2.45) is 15.9 Å². The zero-order valence-electron chi connectivity index (χ0n) is 13.2. The highest BCUT2D eigenvalue weighted by Crippen LogP contribution is 2.20. The molecule has 0 bridgehead atoms. The lowest BCUT2D eigenvalue weighted by atomic mass is 9.99. The van der Waals surface area contributed by atoms with Crippen LogP contribution in [0.3, 0.4) is 0 Å². The van der Waals surface area contributed by atoms with Crippen LogP contribution in [-0.4, -0.2) is 15.6 Å². The third-order valence-corrected chi connectivity index (χ3v) is 4.42. The molecule has 3 nitrogen and oxygen atoms in total. The molecule has 1 aliphatic heterocycles. The predicted molar refractivity (Wildman–Crippen MR) is 96.1 cm³/mol. The van der Waals surface area contributed by atoms with E-state index in [-0.39, 0.29) is 5.29 Å². The normalized spacial score (nSPS) is 16.6. The summed E-state index contributed by atoms with van der Waals surface area (Å²) in [6, 6.07) is 4.15. The number of unbranched alkanes of at least 4 members (excludes halogenated alkanes) is 1. The molecule has 0 saturated carbocycles. The Balaban J connectivity index is 2.17. The minimum atomic E-state index is 0.194. The van der Waals surface area contributed by atoms with Crippen LogP contribution < -0.4 is 0 Å². The van der Waals surface area contributed by atoms with Crippen LogP contribution in [0.15, 0.2) is 39.5 Å². The molecule has 0 radical (unpaired) electrons. The molecule has 1 aromatic rings. The van der Waals surface area contributed by atoms with Gasteiger partial charge in [0.1, 0.15) is 5.16 Å². The number of halogens is 2. The Bertz CT molecular complexity index is 584. The lowest BCUT2D eigenvalue weighted by molar-refractivity contribution is 0.390. The first-order valence-electron chi connectivity index (χ1n) is 7.97. The van der Waals surface area contributed by atoms with E-state index < -0.39 is 0 Å². The van der Waals surface area contributed by atoms with Crippen LogP contribution in [0.1, 0.15) is 51.6 Å². The second-order valence-electron chi connectivity index (χ2n) is 5.63. The van der Waals surface area contributed by atoms with E-state index in [2.05, 4.69) is 46.7 Å². The summed E-state index contributed by atoms with van der Waals surface area (Å²) in [6.45, 7) is 5.52. The topological polar surface area (TPSA) is 29.6 Å². The summed E-state index contributed by atoms with van der Waals surface area (Å²) < 4.78 is 2.28. The number of hydrogen-bond acceptors (Lipinski definition) is 2. The Hall–Kier alpha value is -1.06. The van der Waals surface area contributed by atoms with Crippen molar-refractivity contribution in [1.29, 1.82) is 0 Å². The molecule has 22 heavy (non-hydrogen) atoms. The minimum absolute atomic E-state index is 0.194. The molecule has 0 N–H and O–H groups in total. The molecule has 120 valence electrons. The summed E-state index contributed by atoms with van der Waals surface area (Å²) in [5.74, 6) is 0.695. The number of aliphatic imine (C=N–C) groups is 2. The summed E-state index contributed by atoms with van der Waals surface area (Å²) >= 11 is 12.0. The maximum Gasteiger partial charge on any atom is 0.224 e. The molecule has 0 fully saturated rings. The average Bonchev–Trinajstić information content (AvgIpc) is 2.88. The monoisotopic (exact) mass is 339 g/mol. The molecule has 1 atom stereocenters. The van der Waals surface area contributed by atoms with Crippen LogP contribution in [0.25, 0.3) is 0 Å². The van der Waals surface area contributed by atoms with Crippen LogP contribution in [0.4, 0.5) is 0 Å². The van der Waals surface area contributed by atoms with Crippen LogP contribution in [0, 0.1) is 5.92 Å². The number of aromatic nitrogens is 1. The molecular weight excluding hydrogens is 317 g/mol. The Morgan fingerprint density at radius 2 is 2.09 bits per heavy atom. The summed E-state index contributed by atoms with van der Waals surface area (Å²) in [4.78, 5) is 8.40. The van der Waals surface area contributed by atoms with Gasteiger partial charge in [-0.1, -0.05) is 44.7 Å². The van der Waals surface area contributed by atoms with Crippen LogP contribution in [0.2, 0.25) is 0 Å². The predicted octanol–water partition coefficient (Wildman–Crippen LogP) is 5.57. The van der Waals surface area contributed by atoms with E-state index >= 15 is 0 Å². The Morgan fingerprint density at radius 1 is 1.27 bits per heavy atom. The highest BCUT2D eigenvalue weighted by molar-refractivity contribution is 6.66. The van der Waals surface area contributed by atoms with Gasteiger partial charge >= 0.3 is 0 Å². The van der Waals surface area contributed by atoms with Gasteiger partial charge < -0.3 is 4.57 Å². The highest BCUT2D eigenvalue weighted by Gasteiger charge is 2.14. The van der Waals surface area contributed by atoms with Gasteiger partial charge in [-0.2, -0.15) is 0 Å². The van der Waals surface area contributed by atoms with Crippen molar-refractivity contribution in [1.82, 2.24) is 4.57 Å². The van der Waals surface area contributed by atoms with Crippen molar-refractivity contribution in [3.05, 3.63) is 35.3 Å². The first-order valence-corrected chi connectivity index (χ1v) is 8.72. The van der Waals surface area contributed by atoms with Crippen molar-refractivity contribution in [2.45, 2.75) is 52.5 Å². The van der Waals surface area contributed by atoms with Crippen molar-refractivity contribution in [2.75, 3.05) is 0 Å². The summed E-state index contributed by atoms with van der Waals surface area (Å²) in [7, 11) is 0. The standard InChI is InChI=1S/C17H23Cl2N3/c1-3-5-7-13(4-2)12-22-11-6-8-15(22)14-9-10-16(18)21-17(19)20-14/h6,8,10-11,13H,3-5,7,9,12H2,1-2H3. The van der Waals surface area contributed by atoms with E-state index in [1.807, 2.05) is 6.08 Å². The van der Waals surface area contributed by atoms with Crippen molar-refractivity contribution < 1.29 is 0 Å². The molecule has 2 rings (SSSR count). The molecule has 1 unspecified atom stereocenters. The highest BCUT2D eigenvalue weighted by atomic mass is 35.5. The van der Waals surface area contributed by atoms with Gasteiger partial charge in [-0.25, -0.2) is 9.98 Å². The molecule has 0 amide bonds. The second-order valence-corrected chi connectivity index (χ2v) is 6.36. The fourth-order valence-electron chi connectivity index (χ4n) is 2.69. The molecule has 2 heterocycles. The fraction of sp³-hybridized carbons (Fsp3) is 0.529. The van der Waals surface area contributed by atoms with Gasteiger partial charge in [-0.15, -0.1) is 0 Å². The zero-order chi connectivity index (χ0) is 15.9. The zero-order valence-corrected chi connectivity index (χ0v) is 14.7. The van der Waals surface area contributed by atoms with E-state index in [0.717, 1.165) is 18.0 Å². The first-order chi connectivity index (χ1) is 10.6. The first kappa shape index (κ1) is 17.3. The molecule has 0 aromatic carbocycles. The number of hydrogen-bond donors (Lipinski definition) is 0. The van der Waals surface area contributed by atoms with Gasteiger partial charge in [0.05, 0.1) is 11.4 Å². The SMILES string of the molecule is CCCCC(CC)Cn1cccc1C1=NC(Cl)=NC(Cl)=CC1. The summed E-state index contributed by atoms with van der Waals surface area (Å²) in [6.07, 6.45) is 9.61. The largest absolute Gasteiger partial charge is 0.346 e. The quantitative estimate of drug-likeness (QED) is 0.581. The molecule has 1 aromatic heterocycles. The second kappa shape index (κ2) is 8.54. The van der Waals surface area contributed by atoms with Crippen molar-refractivity contribution in [3.8, 4) is 0 Å². The Labute approximate surface area is 142 Å². The van der Waals surface area contributed by atoms with E-state index in [4.69, 9.17) is 23.2 Å².